The van der Waals surface area contributed by atoms with Gasteiger partial charge in [0.05, 0.1) is 0 Å². The van der Waals surface area contributed by atoms with Gasteiger partial charge in [0.15, 0.2) is 5.76 Å². The molecule has 0 saturated carbocycles. The summed E-state index contributed by atoms with van der Waals surface area (Å²) in [5.74, 6) is 0.949. The second-order valence-electron chi connectivity index (χ2n) is 3.58. The van der Waals surface area contributed by atoms with E-state index in [1.54, 1.807) is 6.07 Å². The molecule has 2 aromatic rings. The van der Waals surface area contributed by atoms with Gasteiger partial charge in [-0.1, -0.05) is 13.0 Å². The van der Waals surface area contributed by atoms with E-state index in [0.29, 0.717) is 5.76 Å². The molecule has 3 nitrogen and oxygen atoms in total. The average Bonchev–Trinajstić information content (AvgIpc) is 2.77. The largest absolute Gasteiger partial charge is 0.456 e. The smallest absolute Gasteiger partial charge is 0.291 e. The van der Waals surface area contributed by atoms with E-state index in [2.05, 4.69) is 27.9 Å². The highest BCUT2D eigenvalue weighted by atomic mass is 127. The molecule has 0 spiro atoms. The monoisotopic (exact) mass is 341 g/mol. The predicted octanol–water partition coefficient (Wildman–Crippen LogP) is 3.70. The van der Waals surface area contributed by atoms with Gasteiger partial charge in [-0.05, 0) is 52.9 Å². The lowest BCUT2D eigenvalue weighted by Gasteiger charge is -2.03. The van der Waals surface area contributed by atoms with Crippen molar-refractivity contribution in [1.82, 2.24) is 0 Å². The van der Waals surface area contributed by atoms with Crippen LogP contribution in [0.5, 0.6) is 0 Å². The summed E-state index contributed by atoms with van der Waals surface area (Å²) in [6.07, 6.45) is 0.788. The fraction of sp³-hybridized carbons (Fsp3) is 0.154. The molecule has 1 aromatic carbocycles. The lowest BCUT2D eigenvalue weighted by Crippen LogP contribution is -2.10. The van der Waals surface area contributed by atoms with Crippen LogP contribution in [0, 0.1) is 3.57 Å². The summed E-state index contributed by atoms with van der Waals surface area (Å²) in [5, 5.41) is 2.80. The Morgan fingerprint density at radius 3 is 2.82 bits per heavy atom. The minimum Gasteiger partial charge on any atom is -0.456 e. The molecule has 0 saturated heterocycles. The molecule has 0 aliphatic rings. The van der Waals surface area contributed by atoms with E-state index in [4.69, 9.17) is 4.42 Å². The van der Waals surface area contributed by atoms with Gasteiger partial charge in [-0.15, -0.1) is 0 Å². The molecule has 0 fully saturated rings. The second kappa shape index (κ2) is 5.35. The Bertz CT molecular complexity index is 534. The maximum Gasteiger partial charge on any atom is 0.291 e. The number of benzene rings is 1. The first-order valence-electron chi connectivity index (χ1n) is 5.34. The summed E-state index contributed by atoms with van der Waals surface area (Å²) in [6, 6.07) is 11.1. The van der Waals surface area contributed by atoms with Gasteiger partial charge >= 0.3 is 0 Å². The SMILES string of the molecule is CCc1ccc(C(=O)Nc2cccc(I)c2)o1. The van der Waals surface area contributed by atoms with E-state index in [1.165, 1.54) is 0 Å². The first kappa shape index (κ1) is 12.2. The van der Waals surface area contributed by atoms with Gasteiger partial charge in [-0.2, -0.15) is 0 Å². The number of amides is 1. The van der Waals surface area contributed by atoms with E-state index in [-0.39, 0.29) is 5.91 Å². The predicted molar refractivity (Wildman–Crippen MR) is 75.2 cm³/mol. The van der Waals surface area contributed by atoms with Gasteiger partial charge in [0, 0.05) is 15.7 Å². The van der Waals surface area contributed by atoms with Gasteiger partial charge in [-0.3, -0.25) is 4.79 Å². The number of aryl methyl sites for hydroxylation is 1. The summed E-state index contributed by atoms with van der Waals surface area (Å²) >= 11 is 2.20. The number of furan rings is 1. The topological polar surface area (TPSA) is 42.2 Å². The molecule has 17 heavy (non-hydrogen) atoms. The van der Waals surface area contributed by atoms with Gasteiger partial charge < -0.3 is 9.73 Å². The molecule has 4 heteroatoms. The minimum absolute atomic E-state index is 0.216. The normalized spacial score (nSPS) is 10.2. The van der Waals surface area contributed by atoms with Crippen molar-refractivity contribution in [3.63, 3.8) is 0 Å². The Labute approximate surface area is 113 Å². The molecular formula is C13H12INO2. The summed E-state index contributed by atoms with van der Waals surface area (Å²) in [6.45, 7) is 1.99. The Morgan fingerprint density at radius 1 is 1.35 bits per heavy atom. The van der Waals surface area contributed by atoms with Gasteiger partial charge in [0.25, 0.3) is 5.91 Å². The standard InChI is InChI=1S/C13H12INO2/c1-2-11-6-7-12(17-11)13(16)15-10-5-3-4-9(14)8-10/h3-8H,2H2,1H3,(H,15,16). The highest BCUT2D eigenvalue weighted by Gasteiger charge is 2.10. The molecule has 1 amide bonds. The zero-order valence-electron chi connectivity index (χ0n) is 9.37. The van der Waals surface area contributed by atoms with Crippen LogP contribution in [-0.4, -0.2) is 5.91 Å². The molecule has 0 unspecified atom stereocenters. The molecule has 1 aromatic heterocycles. The maximum atomic E-state index is 11.8. The number of halogens is 1. The zero-order valence-corrected chi connectivity index (χ0v) is 11.5. The van der Waals surface area contributed by atoms with Crippen LogP contribution < -0.4 is 5.32 Å². The molecule has 0 radical (unpaired) electrons. The third-order valence-electron chi connectivity index (χ3n) is 2.32. The molecule has 88 valence electrons. The van der Waals surface area contributed by atoms with Crippen molar-refractivity contribution in [2.24, 2.45) is 0 Å². The van der Waals surface area contributed by atoms with Crippen LogP contribution in [-0.2, 0) is 6.42 Å². The number of rotatable bonds is 3. The first-order chi connectivity index (χ1) is 8.19. The highest BCUT2D eigenvalue weighted by Crippen LogP contribution is 2.15. The second-order valence-corrected chi connectivity index (χ2v) is 4.83. The van der Waals surface area contributed by atoms with Gasteiger partial charge in [0.2, 0.25) is 0 Å². The van der Waals surface area contributed by atoms with E-state index < -0.39 is 0 Å². The highest BCUT2D eigenvalue weighted by molar-refractivity contribution is 14.1. The van der Waals surface area contributed by atoms with Crippen molar-refractivity contribution in [2.75, 3.05) is 5.32 Å². The summed E-state index contributed by atoms with van der Waals surface area (Å²) < 4.78 is 6.46. The van der Waals surface area contributed by atoms with E-state index in [1.807, 2.05) is 37.3 Å². The van der Waals surface area contributed by atoms with Gasteiger partial charge in [0.1, 0.15) is 5.76 Å². The lowest BCUT2D eigenvalue weighted by atomic mass is 10.3. The molecule has 0 aliphatic carbocycles. The number of hydrogen-bond acceptors (Lipinski definition) is 2. The summed E-state index contributed by atoms with van der Waals surface area (Å²) in [4.78, 5) is 11.8. The summed E-state index contributed by atoms with van der Waals surface area (Å²) in [7, 11) is 0. The molecule has 1 heterocycles. The van der Waals surface area contributed by atoms with Crippen molar-refractivity contribution >= 4 is 34.2 Å². The Kier molecular flexibility index (Phi) is 3.83. The molecule has 1 N–H and O–H groups in total. The molecule has 0 atom stereocenters. The van der Waals surface area contributed by atoms with Crippen LogP contribution in [0.2, 0.25) is 0 Å². The van der Waals surface area contributed by atoms with Crippen LogP contribution in [0.1, 0.15) is 23.2 Å². The van der Waals surface area contributed by atoms with Crippen LogP contribution in [0.15, 0.2) is 40.8 Å². The molecular weight excluding hydrogens is 329 g/mol. The number of anilines is 1. The summed E-state index contributed by atoms with van der Waals surface area (Å²) in [5.41, 5.74) is 0.774. The fourth-order valence-corrected chi connectivity index (χ4v) is 1.99. The number of carbonyl (C=O) groups is 1. The number of carbonyl (C=O) groups excluding carboxylic acids is 1. The van der Waals surface area contributed by atoms with Gasteiger partial charge in [-0.25, -0.2) is 0 Å². The first-order valence-corrected chi connectivity index (χ1v) is 6.42. The zero-order chi connectivity index (χ0) is 12.3. The van der Waals surface area contributed by atoms with Crippen molar-refractivity contribution in [2.45, 2.75) is 13.3 Å². The van der Waals surface area contributed by atoms with Crippen molar-refractivity contribution in [3.05, 3.63) is 51.5 Å². The van der Waals surface area contributed by atoms with Crippen LogP contribution in [0.25, 0.3) is 0 Å². The Morgan fingerprint density at radius 2 is 2.18 bits per heavy atom. The van der Waals surface area contributed by atoms with Crippen molar-refractivity contribution in [1.29, 1.82) is 0 Å². The van der Waals surface area contributed by atoms with Crippen LogP contribution in [0.3, 0.4) is 0 Å². The van der Waals surface area contributed by atoms with Crippen molar-refractivity contribution < 1.29 is 9.21 Å². The lowest BCUT2D eigenvalue weighted by molar-refractivity contribution is 0.0995. The Balaban J connectivity index is 2.11. The van der Waals surface area contributed by atoms with Crippen LogP contribution in [0.4, 0.5) is 5.69 Å². The molecule has 2 rings (SSSR count). The van der Waals surface area contributed by atoms with E-state index in [9.17, 15) is 4.79 Å². The average molecular weight is 341 g/mol. The quantitative estimate of drug-likeness (QED) is 0.865. The Hall–Kier alpha value is -1.30. The fourth-order valence-electron chi connectivity index (χ4n) is 1.45. The molecule has 0 bridgehead atoms. The number of hydrogen-bond donors (Lipinski definition) is 1. The third-order valence-corrected chi connectivity index (χ3v) is 2.99. The van der Waals surface area contributed by atoms with E-state index in [0.717, 1.165) is 21.4 Å². The number of nitrogens with one attached hydrogen (secondary N) is 1. The van der Waals surface area contributed by atoms with Crippen molar-refractivity contribution in [3.8, 4) is 0 Å². The third kappa shape index (κ3) is 3.09. The molecule has 0 aliphatic heterocycles. The minimum atomic E-state index is -0.216. The maximum absolute atomic E-state index is 11.8. The van der Waals surface area contributed by atoms with Crippen LogP contribution >= 0.6 is 22.6 Å². The van der Waals surface area contributed by atoms with E-state index >= 15 is 0 Å².